The van der Waals surface area contributed by atoms with Crippen molar-refractivity contribution in [1.29, 1.82) is 0 Å². The van der Waals surface area contributed by atoms with Gasteiger partial charge in [-0.1, -0.05) is 11.6 Å². The Morgan fingerprint density at radius 2 is 1.91 bits per heavy atom. The quantitative estimate of drug-likeness (QED) is 0.335. The van der Waals surface area contributed by atoms with Crippen molar-refractivity contribution in [3.63, 3.8) is 0 Å². The molecule has 4 rings (SSSR count). The lowest BCUT2D eigenvalue weighted by molar-refractivity contribution is -0.139. The van der Waals surface area contributed by atoms with Crippen molar-refractivity contribution in [2.45, 2.75) is 19.0 Å². The zero-order valence-corrected chi connectivity index (χ0v) is 18.1. The number of nitrogens with zero attached hydrogens (tertiary/aromatic N) is 4. The lowest BCUT2D eigenvalue weighted by Crippen LogP contribution is -2.31. The fraction of sp³-hybridized carbons (Fsp3) is 0.217. The molecule has 164 valence electrons. The molecule has 8 nitrogen and oxygen atoms in total. The lowest BCUT2D eigenvalue weighted by atomic mass is 9.96. The van der Waals surface area contributed by atoms with Crippen molar-refractivity contribution in [2.24, 2.45) is 0 Å². The van der Waals surface area contributed by atoms with Crippen LogP contribution in [0.4, 0.5) is 0 Å². The minimum atomic E-state index is -0.737. The van der Waals surface area contributed by atoms with Gasteiger partial charge in [-0.2, -0.15) is 0 Å². The number of aliphatic hydroxyl groups excluding tert-OH is 1. The molecule has 0 spiro atoms. The number of halogens is 1. The molecule has 1 aromatic carbocycles. The molecule has 0 bridgehead atoms. The number of Topliss-reactive ketones (excluding diaryl/α,β-unsaturated/α-hetero) is 1. The summed E-state index contributed by atoms with van der Waals surface area (Å²) in [6.45, 7) is 0.968. The molecular formula is C23H21ClN4O4. The number of aliphatic hydroxyl groups is 1. The Labute approximate surface area is 189 Å². The van der Waals surface area contributed by atoms with Crippen LogP contribution in [-0.2, 0) is 16.1 Å². The monoisotopic (exact) mass is 452 g/mol. The van der Waals surface area contributed by atoms with Crippen LogP contribution in [0.5, 0.6) is 5.75 Å². The van der Waals surface area contributed by atoms with E-state index in [4.69, 9.17) is 16.3 Å². The minimum absolute atomic E-state index is 0.0186. The van der Waals surface area contributed by atoms with E-state index in [1.165, 1.54) is 18.1 Å². The number of ketones is 1. The Hall–Kier alpha value is -3.65. The summed E-state index contributed by atoms with van der Waals surface area (Å²) in [5, 5.41) is 11.4. The summed E-state index contributed by atoms with van der Waals surface area (Å²) in [5.41, 5.74) is 1.03. The van der Waals surface area contributed by atoms with Gasteiger partial charge in [0.1, 0.15) is 11.5 Å². The Balaban J connectivity index is 1.72. The highest BCUT2D eigenvalue weighted by atomic mass is 35.5. The molecule has 1 saturated heterocycles. The molecule has 32 heavy (non-hydrogen) atoms. The first-order valence-electron chi connectivity index (χ1n) is 9.99. The van der Waals surface area contributed by atoms with Crippen LogP contribution < -0.4 is 4.74 Å². The number of aryl methyl sites for hydroxylation is 1. The van der Waals surface area contributed by atoms with Crippen LogP contribution in [0.25, 0.3) is 5.76 Å². The molecule has 9 heteroatoms. The predicted octanol–water partition coefficient (Wildman–Crippen LogP) is 3.45. The van der Waals surface area contributed by atoms with Gasteiger partial charge < -0.3 is 19.3 Å². The fourth-order valence-corrected chi connectivity index (χ4v) is 4.07. The number of benzene rings is 1. The molecule has 3 aromatic rings. The number of rotatable bonds is 7. The van der Waals surface area contributed by atoms with Crippen molar-refractivity contribution in [3.05, 3.63) is 83.2 Å². The first-order chi connectivity index (χ1) is 15.5. The second-order valence-electron chi connectivity index (χ2n) is 7.28. The molecule has 0 radical (unpaired) electrons. The van der Waals surface area contributed by atoms with Gasteiger partial charge in [-0.3, -0.25) is 14.6 Å². The summed E-state index contributed by atoms with van der Waals surface area (Å²) in [6.07, 6.45) is 9.00. The number of aromatic nitrogens is 3. The van der Waals surface area contributed by atoms with Crippen LogP contribution in [-0.4, -0.2) is 49.9 Å². The van der Waals surface area contributed by atoms with Gasteiger partial charge in [0.25, 0.3) is 11.7 Å². The molecule has 1 amide bonds. The smallest absolute Gasteiger partial charge is 0.295 e. The lowest BCUT2D eigenvalue weighted by Gasteiger charge is -2.25. The first kappa shape index (κ1) is 21.6. The van der Waals surface area contributed by atoms with E-state index in [-0.39, 0.29) is 16.4 Å². The third-order valence-electron chi connectivity index (χ3n) is 5.36. The molecule has 3 heterocycles. The van der Waals surface area contributed by atoms with Gasteiger partial charge in [-0.05, 0) is 42.3 Å². The molecule has 1 aliphatic heterocycles. The number of carbonyl (C=O) groups excluding carboxylic acids is 2. The topological polar surface area (TPSA) is 97.6 Å². The molecule has 1 aliphatic rings. The molecule has 1 fully saturated rings. The summed E-state index contributed by atoms with van der Waals surface area (Å²) in [4.78, 5) is 35.5. The van der Waals surface area contributed by atoms with E-state index in [0.717, 1.165) is 0 Å². The predicted molar refractivity (Wildman–Crippen MR) is 118 cm³/mol. The Morgan fingerprint density at radius 1 is 1.12 bits per heavy atom. The van der Waals surface area contributed by atoms with Gasteiger partial charge >= 0.3 is 0 Å². The van der Waals surface area contributed by atoms with E-state index in [1.807, 2.05) is 10.8 Å². The fourth-order valence-electron chi connectivity index (χ4n) is 3.81. The Morgan fingerprint density at radius 3 is 2.56 bits per heavy atom. The molecule has 0 unspecified atom stereocenters. The average molecular weight is 453 g/mol. The van der Waals surface area contributed by atoms with Gasteiger partial charge in [0.2, 0.25) is 0 Å². The van der Waals surface area contributed by atoms with E-state index in [2.05, 4.69) is 9.97 Å². The van der Waals surface area contributed by atoms with E-state index >= 15 is 0 Å². The highest BCUT2D eigenvalue weighted by Gasteiger charge is 2.45. The molecule has 0 aliphatic carbocycles. The summed E-state index contributed by atoms with van der Waals surface area (Å²) in [7, 11) is 1.49. The van der Waals surface area contributed by atoms with Crippen molar-refractivity contribution < 1.29 is 19.4 Å². The molecular weight excluding hydrogens is 432 g/mol. The van der Waals surface area contributed by atoms with E-state index in [0.29, 0.717) is 36.4 Å². The van der Waals surface area contributed by atoms with Crippen LogP contribution in [0.15, 0.2) is 67.0 Å². The van der Waals surface area contributed by atoms with Gasteiger partial charge in [-0.15, -0.1) is 0 Å². The number of amides is 1. The third kappa shape index (κ3) is 4.09. The zero-order chi connectivity index (χ0) is 22.7. The summed E-state index contributed by atoms with van der Waals surface area (Å²) < 4.78 is 7.05. The summed E-state index contributed by atoms with van der Waals surface area (Å²) in [6, 6.07) is 7.42. The van der Waals surface area contributed by atoms with Crippen molar-refractivity contribution in [2.75, 3.05) is 13.7 Å². The number of likely N-dealkylation sites (tertiary alicyclic amines) is 1. The second kappa shape index (κ2) is 9.23. The van der Waals surface area contributed by atoms with Gasteiger partial charge in [0, 0.05) is 43.4 Å². The van der Waals surface area contributed by atoms with Crippen LogP contribution in [0.3, 0.4) is 0 Å². The highest BCUT2D eigenvalue weighted by Crippen LogP contribution is 2.40. The SMILES string of the molecule is COc1ccc(C(O)=C2C(=O)C(=O)N(CCCn3ccnc3)[C@H]2c2ccncc2)cc1Cl. The van der Waals surface area contributed by atoms with E-state index in [1.54, 1.807) is 49.2 Å². The number of pyridine rings is 1. The summed E-state index contributed by atoms with van der Waals surface area (Å²) >= 11 is 6.21. The summed E-state index contributed by atoms with van der Waals surface area (Å²) in [5.74, 6) is -1.24. The van der Waals surface area contributed by atoms with Crippen LogP contribution in [0.1, 0.15) is 23.6 Å². The first-order valence-corrected chi connectivity index (χ1v) is 10.4. The zero-order valence-electron chi connectivity index (χ0n) is 17.3. The molecule has 0 saturated carbocycles. The molecule has 1 N–H and O–H groups in total. The number of ether oxygens (including phenoxy) is 1. The second-order valence-corrected chi connectivity index (χ2v) is 7.68. The minimum Gasteiger partial charge on any atom is -0.507 e. The average Bonchev–Trinajstić information content (AvgIpc) is 3.41. The Kier molecular flexibility index (Phi) is 6.23. The standard InChI is InChI=1S/C23H21ClN4O4/c1-32-18-4-3-16(13-17(18)24)21(29)19-20(15-5-7-25-8-6-15)28(23(31)22(19)30)11-2-10-27-12-9-26-14-27/h3-9,12-14,20,29H,2,10-11H2,1H3/t20-/m0/s1. The maximum Gasteiger partial charge on any atom is 0.295 e. The highest BCUT2D eigenvalue weighted by molar-refractivity contribution is 6.46. The maximum atomic E-state index is 13.0. The Bertz CT molecular complexity index is 1160. The van der Waals surface area contributed by atoms with Gasteiger partial charge in [0.05, 0.1) is 30.1 Å². The molecule has 1 atom stereocenters. The van der Waals surface area contributed by atoms with Crippen molar-refractivity contribution in [1.82, 2.24) is 19.4 Å². The van der Waals surface area contributed by atoms with Crippen molar-refractivity contribution in [3.8, 4) is 5.75 Å². The number of hydrogen-bond acceptors (Lipinski definition) is 6. The largest absolute Gasteiger partial charge is 0.507 e. The number of hydrogen-bond donors (Lipinski definition) is 1. The van der Waals surface area contributed by atoms with E-state index < -0.39 is 17.7 Å². The van der Waals surface area contributed by atoms with Gasteiger partial charge in [0.15, 0.2) is 0 Å². The van der Waals surface area contributed by atoms with Crippen LogP contribution in [0.2, 0.25) is 5.02 Å². The number of imidazole rings is 1. The van der Waals surface area contributed by atoms with E-state index in [9.17, 15) is 14.7 Å². The van der Waals surface area contributed by atoms with Crippen LogP contribution in [0, 0.1) is 0 Å². The number of carbonyl (C=O) groups is 2. The van der Waals surface area contributed by atoms with Gasteiger partial charge in [-0.25, -0.2) is 4.98 Å². The number of methoxy groups -OCH3 is 1. The third-order valence-corrected chi connectivity index (χ3v) is 5.66. The normalized spacial score (nSPS) is 17.7. The van der Waals surface area contributed by atoms with Crippen molar-refractivity contribution >= 4 is 29.1 Å². The van der Waals surface area contributed by atoms with Crippen LogP contribution >= 0.6 is 11.6 Å². The maximum absolute atomic E-state index is 13.0. The molecule has 2 aromatic heterocycles.